The van der Waals surface area contributed by atoms with Crippen LogP contribution >= 0.6 is 38.5 Å². The predicted octanol–water partition coefficient (Wildman–Crippen LogP) is 6.33. The molecule has 1 aliphatic rings. The SMILES string of the molecule is CCOc1cc(/C=C2\N=C(c3ccc(NC(C)=O)cc3)OC2=O)cc(Br)c1OCc1cccc(I)c1. The third-order valence-corrected chi connectivity index (χ3v) is 6.24. The number of carbonyl (C=O) groups is 2. The number of cyclic esters (lactones) is 1. The molecule has 3 aromatic carbocycles. The second-order valence-corrected chi connectivity index (χ2v) is 9.88. The van der Waals surface area contributed by atoms with Crippen molar-refractivity contribution in [2.75, 3.05) is 11.9 Å². The van der Waals surface area contributed by atoms with Gasteiger partial charge in [-0.25, -0.2) is 9.79 Å². The van der Waals surface area contributed by atoms with E-state index < -0.39 is 5.97 Å². The van der Waals surface area contributed by atoms with Crippen LogP contribution in [0.2, 0.25) is 0 Å². The Hall–Kier alpha value is -3.18. The van der Waals surface area contributed by atoms with Crippen LogP contribution in [-0.2, 0) is 20.9 Å². The largest absolute Gasteiger partial charge is 0.490 e. The monoisotopic (exact) mass is 660 g/mol. The van der Waals surface area contributed by atoms with E-state index in [0.717, 1.165) is 9.13 Å². The van der Waals surface area contributed by atoms with Gasteiger partial charge in [-0.1, -0.05) is 12.1 Å². The molecule has 3 aromatic rings. The summed E-state index contributed by atoms with van der Waals surface area (Å²) in [4.78, 5) is 28.1. The first-order valence-electron chi connectivity index (χ1n) is 11.1. The Labute approximate surface area is 230 Å². The second-order valence-electron chi connectivity index (χ2n) is 7.78. The number of rotatable bonds is 8. The highest BCUT2D eigenvalue weighted by molar-refractivity contribution is 14.1. The van der Waals surface area contributed by atoms with Crippen LogP contribution in [0, 0.1) is 3.57 Å². The maximum absolute atomic E-state index is 12.5. The number of hydrogen-bond donors (Lipinski definition) is 1. The van der Waals surface area contributed by atoms with Gasteiger partial charge in [0.05, 0.1) is 11.1 Å². The summed E-state index contributed by atoms with van der Waals surface area (Å²) >= 11 is 5.84. The van der Waals surface area contributed by atoms with E-state index in [1.807, 2.05) is 31.2 Å². The Balaban J connectivity index is 1.57. The van der Waals surface area contributed by atoms with Crippen molar-refractivity contribution in [3.05, 3.63) is 91.1 Å². The fraction of sp³-hybridized carbons (Fsp3) is 0.148. The smallest absolute Gasteiger partial charge is 0.363 e. The van der Waals surface area contributed by atoms with Crippen LogP contribution in [0.4, 0.5) is 5.69 Å². The summed E-state index contributed by atoms with van der Waals surface area (Å²) in [6.07, 6.45) is 1.64. The number of nitrogens with one attached hydrogen (secondary N) is 1. The van der Waals surface area contributed by atoms with Crippen molar-refractivity contribution in [1.29, 1.82) is 0 Å². The first-order valence-corrected chi connectivity index (χ1v) is 12.9. The number of nitrogens with zero attached hydrogens (tertiary/aromatic N) is 1. The molecule has 1 amide bonds. The summed E-state index contributed by atoms with van der Waals surface area (Å²) in [5, 5.41) is 2.69. The summed E-state index contributed by atoms with van der Waals surface area (Å²) < 4.78 is 19.1. The van der Waals surface area contributed by atoms with E-state index in [2.05, 4.69) is 54.9 Å². The lowest BCUT2D eigenvalue weighted by Gasteiger charge is -2.15. The van der Waals surface area contributed by atoms with Gasteiger partial charge in [-0.15, -0.1) is 0 Å². The topological polar surface area (TPSA) is 86.2 Å². The first kappa shape index (κ1) is 25.9. The molecule has 7 nitrogen and oxygen atoms in total. The molecular weight excluding hydrogens is 639 g/mol. The molecule has 184 valence electrons. The molecule has 0 unspecified atom stereocenters. The van der Waals surface area contributed by atoms with Crippen LogP contribution in [0.5, 0.6) is 11.5 Å². The highest BCUT2D eigenvalue weighted by atomic mass is 127. The lowest BCUT2D eigenvalue weighted by Crippen LogP contribution is -2.07. The van der Waals surface area contributed by atoms with Crippen LogP contribution in [0.1, 0.15) is 30.5 Å². The standard InChI is InChI=1S/C27H22BrIN2O5/c1-3-34-24-14-18(12-22(28)25(24)35-15-17-5-4-6-20(29)11-17)13-23-27(33)36-26(31-23)19-7-9-21(10-8-19)30-16(2)32/h4-14H,3,15H2,1-2H3,(H,30,32)/b23-13-. The first-order chi connectivity index (χ1) is 17.3. The predicted molar refractivity (Wildman–Crippen MR) is 150 cm³/mol. The van der Waals surface area contributed by atoms with Gasteiger partial charge in [0.2, 0.25) is 11.8 Å². The molecular formula is C27H22BrIN2O5. The molecule has 1 N–H and O–H groups in total. The van der Waals surface area contributed by atoms with Crippen molar-refractivity contribution >= 4 is 68.1 Å². The average molecular weight is 661 g/mol. The molecule has 36 heavy (non-hydrogen) atoms. The number of ether oxygens (including phenoxy) is 3. The molecule has 0 radical (unpaired) electrons. The number of carbonyl (C=O) groups excluding carboxylic acids is 2. The number of esters is 1. The molecule has 0 aliphatic carbocycles. The number of hydrogen-bond acceptors (Lipinski definition) is 6. The molecule has 9 heteroatoms. The van der Waals surface area contributed by atoms with Crippen molar-refractivity contribution in [1.82, 2.24) is 0 Å². The number of aliphatic imine (C=N–C) groups is 1. The summed E-state index contributed by atoms with van der Waals surface area (Å²) in [6.45, 7) is 4.16. The molecule has 0 atom stereocenters. The van der Waals surface area contributed by atoms with E-state index >= 15 is 0 Å². The molecule has 0 bridgehead atoms. The minimum atomic E-state index is -0.552. The molecule has 0 spiro atoms. The van der Waals surface area contributed by atoms with Gasteiger partial charge in [0.25, 0.3) is 0 Å². The quantitative estimate of drug-likeness (QED) is 0.173. The highest BCUT2D eigenvalue weighted by Crippen LogP contribution is 2.38. The minimum Gasteiger partial charge on any atom is -0.490 e. The van der Waals surface area contributed by atoms with Crippen LogP contribution in [0.3, 0.4) is 0 Å². The van der Waals surface area contributed by atoms with Gasteiger partial charge in [0, 0.05) is 21.7 Å². The van der Waals surface area contributed by atoms with Crippen molar-refractivity contribution in [3.8, 4) is 11.5 Å². The van der Waals surface area contributed by atoms with Crippen molar-refractivity contribution < 1.29 is 23.8 Å². The Morgan fingerprint density at radius 1 is 1.14 bits per heavy atom. The zero-order valence-corrected chi connectivity index (χ0v) is 23.3. The van der Waals surface area contributed by atoms with E-state index in [4.69, 9.17) is 14.2 Å². The summed E-state index contributed by atoms with van der Waals surface area (Å²) in [5.41, 5.74) is 3.17. The third-order valence-electron chi connectivity index (χ3n) is 4.98. The number of halogens is 2. The van der Waals surface area contributed by atoms with E-state index in [0.29, 0.717) is 46.0 Å². The Kier molecular flexibility index (Phi) is 8.42. The zero-order chi connectivity index (χ0) is 25.7. The van der Waals surface area contributed by atoms with Crippen molar-refractivity contribution in [3.63, 3.8) is 0 Å². The number of amides is 1. The van der Waals surface area contributed by atoms with E-state index in [1.165, 1.54) is 6.92 Å². The van der Waals surface area contributed by atoms with Crippen LogP contribution < -0.4 is 14.8 Å². The Morgan fingerprint density at radius 2 is 1.92 bits per heavy atom. The van der Waals surface area contributed by atoms with Gasteiger partial charge >= 0.3 is 5.97 Å². The maximum atomic E-state index is 12.5. The summed E-state index contributed by atoms with van der Waals surface area (Å²) in [7, 11) is 0. The molecule has 0 fully saturated rings. The minimum absolute atomic E-state index is 0.165. The van der Waals surface area contributed by atoms with Crippen LogP contribution in [0.25, 0.3) is 6.08 Å². The fourth-order valence-electron chi connectivity index (χ4n) is 3.45. The Bertz CT molecular complexity index is 1370. The molecule has 0 saturated carbocycles. The third kappa shape index (κ3) is 6.52. The van der Waals surface area contributed by atoms with Gasteiger partial charge in [0.15, 0.2) is 17.2 Å². The molecule has 0 saturated heterocycles. The lowest BCUT2D eigenvalue weighted by atomic mass is 10.1. The number of anilines is 1. The fourth-order valence-corrected chi connectivity index (χ4v) is 4.63. The maximum Gasteiger partial charge on any atom is 0.363 e. The van der Waals surface area contributed by atoms with Crippen molar-refractivity contribution in [2.45, 2.75) is 20.5 Å². The second kappa shape index (κ2) is 11.7. The number of benzene rings is 3. The van der Waals surface area contributed by atoms with E-state index in [-0.39, 0.29) is 17.5 Å². The molecule has 4 rings (SSSR count). The van der Waals surface area contributed by atoms with Gasteiger partial charge in [-0.05, 0) is 111 Å². The van der Waals surface area contributed by atoms with Crippen molar-refractivity contribution in [2.24, 2.45) is 4.99 Å². The summed E-state index contributed by atoms with van der Waals surface area (Å²) in [5.74, 6) is 0.608. The average Bonchev–Trinajstić information content (AvgIpc) is 3.19. The van der Waals surface area contributed by atoms with Gasteiger partial charge in [0.1, 0.15) is 6.61 Å². The van der Waals surface area contributed by atoms with Gasteiger partial charge < -0.3 is 19.5 Å². The Morgan fingerprint density at radius 3 is 2.61 bits per heavy atom. The van der Waals surface area contributed by atoms with Crippen LogP contribution in [0.15, 0.2) is 75.8 Å². The van der Waals surface area contributed by atoms with E-state index in [9.17, 15) is 9.59 Å². The molecule has 1 heterocycles. The summed E-state index contributed by atoms with van der Waals surface area (Å²) in [6, 6.07) is 18.6. The lowest BCUT2D eigenvalue weighted by molar-refractivity contribution is -0.129. The zero-order valence-electron chi connectivity index (χ0n) is 19.5. The van der Waals surface area contributed by atoms with Crippen LogP contribution in [-0.4, -0.2) is 24.4 Å². The molecule has 1 aliphatic heterocycles. The van der Waals surface area contributed by atoms with E-state index in [1.54, 1.807) is 36.4 Å². The van der Waals surface area contributed by atoms with Gasteiger partial charge in [-0.2, -0.15) is 0 Å². The highest BCUT2D eigenvalue weighted by Gasteiger charge is 2.24. The van der Waals surface area contributed by atoms with Gasteiger partial charge in [-0.3, -0.25) is 4.79 Å². The normalized spacial score (nSPS) is 13.8. The molecule has 0 aromatic heterocycles.